The minimum atomic E-state index is -0.712. The van der Waals surface area contributed by atoms with E-state index in [0.29, 0.717) is 29.3 Å². The first-order chi connectivity index (χ1) is 10.3. The zero-order chi connectivity index (χ0) is 16.1. The van der Waals surface area contributed by atoms with Crippen molar-refractivity contribution in [2.45, 2.75) is 49.2 Å². The summed E-state index contributed by atoms with van der Waals surface area (Å²) in [5.41, 5.74) is 1.34. The maximum atomic E-state index is 10.9. The van der Waals surface area contributed by atoms with E-state index in [4.69, 9.17) is 21.1 Å². The second-order valence-corrected chi connectivity index (χ2v) is 8.46. The molecule has 0 radical (unpaired) electrons. The summed E-state index contributed by atoms with van der Waals surface area (Å²) in [5.74, 6) is -0.255. The zero-order valence-corrected chi connectivity index (χ0v) is 14.3. The van der Waals surface area contributed by atoms with Crippen LogP contribution in [0.2, 0.25) is 5.02 Å². The molecule has 0 atom stereocenters. The predicted molar refractivity (Wildman–Crippen MR) is 87.7 cm³/mol. The van der Waals surface area contributed by atoms with Gasteiger partial charge >= 0.3 is 5.97 Å². The number of thioether (sulfide) groups is 1. The molecule has 1 aliphatic carbocycles. The summed E-state index contributed by atoms with van der Waals surface area (Å²) in [7, 11) is 0. The molecule has 6 heteroatoms. The van der Waals surface area contributed by atoms with Crippen molar-refractivity contribution in [3.8, 4) is 0 Å². The number of halogens is 1. The van der Waals surface area contributed by atoms with Crippen molar-refractivity contribution in [2.75, 3.05) is 0 Å². The highest BCUT2D eigenvalue weighted by Crippen LogP contribution is 2.45. The van der Waals surface area contributed by atoms with Crippen molar-refractivity contribution in [1.82, 2.24) is 4.98 Å². The van der Waals surface area contributed by atoms with E-state index in [-0.39, 0.29) is 16.6 Å². The van der Waals surface area contributed by atoms with Gasteiger partial charge in [0.25, 0.3) is 0 Å². The normalized spacial score (nSPS) is 21.8. The van der Waals surface area contributed by atoms with Crippen molar-refractivity contribution in [2.24, 2.45) is 5.92 Å². The second-order valence-electron chi connectivity index (χ2n) is 6.74. The summed E-state index contributed by atoms with van der Waals surface area (Å²) in [6.45, 7) is 6.15. The lowest BCUT2D eigenvalue weighted by Crippen LogP contribution is -2.32. The van der Waals surface area contributed by atoms with Crippen molar-refractivity contribution in [3.05, 3.63) is 23.0 Å². The zero-order valence-electron chi connectivity index (χ0n) is 12.7. The predicted octanol–water partition coefficient (Wildman–Crippen LogP) is 4.73. The Balaban J connectivity index is 1.90. The first kappa shape index (κ1) is 15.7. The topological polar surface area (TPSA) is 63.3 Å². The van der Waals surface area contributed by atoms with E-state index < -0.39 is 5.97 Å². The summed E-state index contributed by atoms with van der Waals surface area (Å²) >= 11 is 7.93. The van der Waals surface area contributed by atoms with Gasteiger partial charge in [0.15, 0.2) is 5.58 Å². The number of carbonyl (C=O) groups is 1. The first-order valence-electron chi connectivity index (χ1n) is 7.24. The van der Waals surface area contributed by atoms with Gasteiger partial charge in [-0.05, 0) is 25.0 Å². The van der Waals surface area contributed by atoms with Crippen LogP contribution in [-0.4, -0.2) is 21.3 Å². The van der Waals surface area contributed by atoms with Gasteiger partial charge in [-0.1, -0.05) is 32.4 Å². The molecule has 1 N–H and O–H groups in total. The maximum Gasteiger partial charge on any atom is 0.306 e. The minimum absolute atomic E-state index is 0.168. The number of benzene rings is 1. The van der Waals surface area contributed by atoms with Crippen molar-refractivity contribution < 1.29 is 14.3 Å². The molecule has 1 heterocycles. The quantitative estimate of drug-likeness (QED) is 0.875. The van der Waals surface area contributed by atoms with Crippen LogP contribution in [0.1, 0.15) is 39.5 Å². The lowest BCUT2D eigenvalue weighted by molar-refractivity contribution is -0.144. The second kappa shape index (κ2) is 5.46. The van der Waals surface area contributed by atoms with Gasteiger partial charge in [0.2, 0.25) is 5.89 Å². The molecular formula is C16H18ClNO3S. The fourth-order valence-electron chi connectivity index (χ4n) is 2.40. The van der Waals surface area contributed by atoms with Crippen LogP contribution < -0.4 is 0 Å². The third-order valence-electron chi connectivity index (χ3n) is 3.83. The summed E-state index contributed by atoms with van der Waals surface area (Å²) < 4.78 is 5.96. The van der Waals surface area contributed by atoms with E-state index >= 15 is 0 Å². The molecule has 2 aromatic rings. The van der Waals surface area contributed by atoms with Crippen LogP contribution in [-0.2, 0) is 10.2 Å². The third-order valence-corrected chi connectivity index (χ3v) is 5.62. The van der Waals surface area contributed by atoms with E-state index in [1.165, 1.54) is 0 Å². The lowest BCUT2D eigenvalue weighted by atomic mass is 9.85. The molecule has 0 aliphatic heterocycles. The molecule has 0 saturated heterocycles. The van der Waals surface area contributed by atoms with Crippen LogP contribution >= 0.6 is 23.4 Å². The molecule has 4 nitrogen and oxygen atoms in total. The number of rotatable bonds is 3. The fourth-order valence-corrected chi connectivity index (χ4v) is 4.11. The average molecular weight is 340 g/mol. The van der Waals surface area contributed by atoms with Gasteiger partial charge < -0.3 is 9.52 Å². The Kier molecular flexibility index (Phi) is 3.89. The number of fused-ring (bicyclic) bond motifs is 1. The number of hydrogen-bond acceptors (Lipinski definition) is 4. The highest BCUT2D eigenvalue weighted by atomic mass is 35.5. The molecule has 1 aromatic carbocycles. The molecule has 1 aliphatic rings. The van der Waals surface area contributed by atoms with Crippen molar-refractivity contribution in [1.29, 1.82) is 0 Å². The van der Waals surface area contributed by atoms with Gasteiger partial charge in [-0.2, -0.15) is 0 Å². The van der Waals surface area contributed by atoms with Crippen LogP contribution in [0.3, 0.4) is 0 Å². The molecule has 3 rings (SSSR count). The van der Waals surface area contributed by atoms with Gasteiger partial charge in [-0.15, -0.1) is 11.8 Å². The highest BCUT2D eigenvalue weighted by Gasteiger charge is 2.36. The van der Waals surface area contributed by atoms with Gasteiger partial charge in [0.1, 0.15) is 5.52 Å². The molecule has 0 bridgehead atoms. The maximum absolute atomic E-state index is 10.9. The summed E-state index contributed by atoms with van der Waals surface area (Å²) in [4.78, 5) is 16.3. The van der Waals surface area contributed by atoms with E-state index in [2.05, 4.69) is 25.8 Å². The van der Waals surface area contributed by atoms with E-state index in [9.17, 15) is 4.79 Å². The van der Waals surface area contributed by atoms with Gasteiger partial charge in [-0.3, -0.25) is 4.79 Å². The Morgan fingerprint density at radius 2 is 2.09 bits per heavy atom. The number of oxazole rings is 1. The molecule has 0 spiro atoms. The van der Waals surface area contributed by atoms with Crippen LogP contribution in [0, 0.1) is 5.92 Å². The Morgan fingerprint density at radius 1 is 1.41 bits per heavy atom. The van der Waals surface area contributed by atoms with E-state index in [1.54, 1.807) is 11.8 Å². The lowest BCUT2D eigenvalue weighted by Gasteiger charge is -2.31. The van der Waals surface area contributed by atoms with Gasteiger partial charge in [-0.25, -0.2) is 4.98 Å². The van der Waals surface area contributed by atoms with Crippen LogP contribution in [0.25, 0.3) is 11.1 Å². The molecule has 1 fully saturated rings. The van der Waals surface area contributed by atoms with Crippen molar-refractivity contribution in [3.63, 3.8) is 0 Å². The Bertz CT molecular complexity index is 729. The number of carboxylic acids is 1. The number of aliphatic carboxylic acids is 1. The average Bonchev–Trinajstić information content (AvgIpc) is 2.78. The van der Waals surface area contributed by atoms with Gasteiger partial charge in [0, 0.05) is 10.7 Å². The Labute approximate surface area is 138 Å². The smallest absolute Gasteiger partial charge is 0.306 e. The van der Waals surface area contributed by atoms with Crippen molar-refractivity contribution >= 4 is 40.4 Å². The summed E-state index contributed by atoms with van der Waals surface area (Å²) in [6.07, 6.45) is 1.35. The molecule has 1 saturated carbocycles. The van der Waals surface area contributed by atoms with Crippen LogP contribution in [0.4, 0.5) is 0 Å². The standard InChI is InChI=1S/C16H18ClNO3S/c1-16(2,3)15-18-11-5-4-10(17)13(12(11)21-15)22-9-6-8(7-9)14(19)20/h4-5,8-9H,6-7H2,1-3H3,(H,19,20). The molecular weight excluding hydrogens is 322 g/mol. The highest BCUT2D eigenvalue weighted by molar-refractivity contribution is 8.00. The number of hydrogen-bond donors (Lipinski definition) is 1. The fraction of sp³-hybridized carbons (Fsp3) is 0.500. The number of nitrogens with zero attached hydrogens (tertiary/aromatic N) is 1. The minimum Gasteiger partial charge on any atom is -0.481 e. The number of aromatic nitrogens is 1. The third kappa shape index (κ3) is 2.84. The summed E-state index contributed by atoms with van der Waals surface area (Å²) in [6, 6.07) is 3.69. The van der Waals surface area contributed by atoms with Gasteiger partial charge in [0.05, 0.1) is 15.8 Å². The van der Waals surface area contributed by atoms with Crippen LogP contribution in [0.5, 0.6) is 0 Å². The molecule has 118 valence electrons. The van der Waals surface area contributed by atoms with E-state index in [0.717, 1.165) is 10.4 Å². The summed E-state index contributed by atoms with van der Waals surface area (Å²) in [5, 5.41) is 9.88. The molecule has 0 amide bonds. The first-order valence-corrected chi connectivity index (χ1v) is 8.50. The number of carboxylic acid groups (broad SMARTS) is 1. The Hall–Kier alpha value is -1.20. The molecule has 1 aromatic heterocycles. The van der Waals surface area contributed by atoms with Crippen LogP contribution in [0.15, 0.2) is 21.4 Å². The SMILES string of the molecule is CC(C)(C)c1nc2ccc(Cl)c(SC3CC(C(=O)O)C3)c2o1. The largest absolute Gasteiger partial charge is 0.481 e. The monoisotopic (exact) mass is 339 g/mol. The molecule has 0 unspecified atom stereocenters. The van der Waals surface area contributed by atoms with E-state index in [1.807, 2.05) is 12.1 Å². The Morgan fingerprint density at radius 3 is 2.68 bits per heavy atom. The molecule has 22 heavy (non-hydrogen) atoms.